The van der Waals surface area contributed by atoms with E-state index in [1.54, 1.807) is 12.1 Å². The monoisotopic (exact) mass is 307 g/mol. The van der Waals surface area contributed by atoms with E-state index in [9.17, 15) is 14.0 Å². The number of carboxylic acid groups (broad SMARTS) is 2. The second-order valence-electron chi connectivity index (χ2n) is 4.71. The van der Waals surface area contributed by atoms with Crippen molar-refractivity contribution in [3.8, 4) is 0 Å². The molecule has 0 amide bonds. The van der Waals surface area contributed by atoms with E-state index in [1.807, 2.05) is 0 Å². The van der Waals surface area contributed by atoms with Crippen molar-refractivity contribution in [2.45, 2.75) is 25.8 Å². The molecule has 7 nitrogen and oxygen atoms in total. The summed E-state index contributed by atoms with van der Waals surface area (Å²) in [6, 6.07) is 5.67. The third kappa shape index (κ3) is 3.87. The molecule has 1 aromatic heterocycles. The van der Waals surface area contributed by atoms with Crippen LogP contribution in [0, 0.1) is 5.82 Å². The van der Waals surface area contributed by atoms with Crippen LogP contribution in [0.15, 0.2) is 24.3 Å². The Labute approximate surface area is 125 Å². The van der Waals surface area contributed by atoms with E-state index >= 15 is 0 Å². The molecule has 0 atom stereocenters. The van der Waals surface area contributed by atoms with Crippen LogP contribution in [-0.4, -0.2) is 37.1 Å². The van der Waals surface area contributed by atoms with Gasteiger partial charge in [-0.3, -0.25) is 4.79 Å². The summed E-state index contributed by atoms with van der Waals surface area (Å²) in [6.07, 6.45) is 0.494. The maximum atomic E-state index is 12.9. The Bertz CT molecular complexity index is 682. The molecule has 0 aliphatic rings. The Morgan fingerprint density at radius 3 is 2.45 bits per heavy atom. The minimum atomic E-state index is -1.21. The topological polar surface area (TPSA) is 105 Å². The zero-order valence-corrected chi connectivity index (χ0v) is 11.6. The fourth-order valence-corrected chi connectivity index (χ4v) is 2.03. The summed E-state index contributed by atoms with van der Waals surface area (Å²) in [5.74, 6) is -2.52. The SMILES string of the molecule is O=C(O)CCCn1nnc(C(=O)O)c1Cc1ccc(F)cc1. The average Bonchev–Trinajstić information content (AvgIpc) is 2.84. The number of halogens is 1. The van der Waals surface area contributed by atoms with Crippen molar-refractivity contribution < 1.29 is 24.2 Å². The van der Waals surface area contributed by atoms with Crippen LogP contribution >= 0.6 is 0 Å². The van der Waals surface area contributed by atoms with Crippen LogP contribution in [0.5, 0.6) is 0 Å². The second-order valence-corrected chi connectivity index (χ2v) is 4.71. The molecule has 22 heavy (non-hydrogen) atoms. The van der Waals surface area contributed by atoms with E-state index in [2.05, 4.69) is 10.3 Å². The molecule has 0 spiro atoms. The van der Waals surface area contributed by atoms with Crippen LogP contribution < -0.4 is 0 Å². The first-order valence-electron chi connectivity index (χ1n) is 6.59. The van der Waals surface area contributed by atoms with Crippen molar-refractivity contribution in [1.82, 2.24) is 15.0 Å². The highest BCUT2D eigenvalue weighted by Crippen LogP contribution is 2.14. The molecular formula is C14H14FN3O4. The van der Waals surface area contributed by atoms with Crippen molar-refractivity contribution in [2.24, 2.45) is 0 Å². The van der Waals surface area contributed by atoms with Gasteiger partial charge in [-0.25, -0.2) is 13.9 Å². The molecule has 8 heteroatoms. The van der Waals surface area contributed by atoms with Crippen LogP contribution in [0.2, 0.25) is 0 Å². The van der Waals surface area contributed by atoms with Gasteiger partial charge >= 0.3 is 11.9 Å². The van der Waals surface area contributed by atoms with Gasteiger partial charge in [0, 0.05) is 19.4 Å². The molecule has 1 aromatic carbocycles. The molecule has 0 bridgehead atoms. The molecule has 0 unspecified atom stereocenters. The quantitative estimate of drug-likeness (QED) is 0.804. The lowest BCUT2D eigenvalue weighted by molar-refractivity contribution is -0.137. The number of nitrogens with zero attached hydrogens (tertiary/aromatic N) is 3. The maximum absolute atomic E-state index is 12.9. The highest BCUT2D eigenvalue weighted by atomic mass is 19.1. The smallest absolute Gasteiger partial charge is 0.358 e. The van der Waals surface area contributed by atoms with Crippen LogP contribution in [0.25, 0.3) is 0 Å². The van der Waals surface area contributed by atoms with E-state index < -0.39 is 11.9 Å². The lowest BCUT2D eigenvalue weighted by Crippen LogP contribution is -2.10. The fraction of sp³-hybridized carbons (Fsp3) is 0.286. The highest BCUT2D eigenvalue weighted by Gasteiger charge is 2.19. The molecule has 0 saturated carbocycles. The first-order chi connectivity index (χ1) is 10.5. The summed E-state index contributed by atoms with van der Waals surface area (Å²) in [7, 11) is 0. The van der Waals surface area contributed by atoms with Crippen molar-refractivity contribution in [3.05, 3.63) is 47.0 Å². The van der Waals surface area contributed by atoms with Crippen molar-refractivity contribution >= 4 is 11.9 Å². The van der Waals surface area contributed by atoms with Gasteiger partial charge in [-0.2, -0.15) is 0 Å². The summed E-state index contributed by atoms with van der Waals surface area (Å²) in [4.78, 5) is 21.7. The highest BCUT2D eigenvalue weighted by molar-refractivity contribution is 5.86. The summed E-state index contributed by atoms with van der Waals surface area (Å²) >= 11 is 0. The number of hydrogen-bond acceptors (Lipinski definition) is 4. The van der Waals surface area contributed by atoms with Gasteiger partial charge in [-0.1, -0.05) is 17.3 Å². The number of carboxylic acids is 2. The van der Waals surface area contributed by atoms with Crippen LogP contribution in [0.4, 0.5) is 4.39 Å². The van der Waals surface area contributed by atoms with E-state index in [0.29, 0.717) is 17.7 Å². The number of carbonyl (C=O) groups is 2. The molecule has 0 aliphatic heterocycles. The zero-order valence-electron chi connectivity index (χ0n) is 11.6. The van der Waals surface area contributed by atoms with Gasteiger partial charge in [0.05, 0.1) is 5.69 Å². The molecule has 2 rings (SSSR count). The van der Waals surface area contributed by atoms with Crippen molar-refractivity contribution in [3.63, 3.8) is 0 Å². The molecule has 116 valence electrons. The second kappa shape index (κ2) is 6.79. The lowest BCUT2D eigenvalue weighted by Gasteiger charge is -2.07. The van der Waals surface area contributed by atoms with Crippen LogP contribution in [0.1, 0.15) is 34.6 Å². The average molecular weight is 307 g/mol. The van der Waals surface area contributed by atoms with Gasteiger partial charge in [0.15, 0.2) is 5.69 Å². The lowest BCUT2D eigenvalue weighted by atomic mass is 10.1. The standard InChI is InChI=1S/C14H14FN3O4/c15-10-5-3-9(4-6-10)8-11-13(14(21)22)16-17-18(11)7-1-2-12(19)20/h3-6H,1-2,7-8H2,(H,19,20)(H,21,22). The Morgan fingerprint density at radius 1 is 1.18 bits per heavy atom. The van der Waals surface area contributed by atoms with Crippen LogP contribution in [-0.2, 0) is 17.8 Å². The Kier molecular flexibility index (Phi) is 4.82. The molecular weight excluding hydrogens is 293 g/mol. The Hall–Kier alpha value is -2.77. The molecule has 1 heterocycles. The van der Waals surface area contributed by atoms with Crippen LogP contribution in [0.3, 0.4) is 0 Å². The Morgan fingerprint density at radius 2 is 1.86 bits per heavy atom. The summed E-state index contributed by atoms with van der Waals surface area (Å²) in [5.41, 5.74) is 0.898. The Balaban J connectivity index is 2.22. The van der Waals surface area contributed by atoms with Gasteiger partial charge in [-0.15, -0.1) is 5.10 Å². The number of rotatable bonds is 7. The number of aromatic carboxylic acids is 1. The van der Waals surface area contributed by atoms with Gasteiger partial charge < -0.3 is 10.2 Å². The predicted molar refractivity (Wildman–Crippen MR) is 73.1 cm³/mol. The van der Waals surface area contributed by atoms with E-state index in [0.717, 1.165) is 0 Å². The van der Waals surface area contributed by atoms with Crippen molar-refractivity contribution in [1.29, 1.82) is 0 Å². The minimum absolute atomic E-state index is 0.0434. The number of benzene rings is 1. The normalized spacial score (nSPS) is 10.6. The summed E-state index contributed by atoms with van der Waals surface area (Å²) in [6.45, 7) is 0.253. The van der Waals surface area contributed by atoms with E-state index in [4.69, 9.17) is 10.2 Å². The molecule has 0 fully saturated rings. The predicted octanol–water partition coefficient (Wildman–Crippen LogP) is 1.57. The molecule has 0 aliphatic carbocycles. The molecule has 2 aromatic rings. The van der Waals surface area contributed by atoms with Crippen molar-refractivity contribution in [2.75, 3.05) is 0 Å². The van der Waals surface area contributed by atoms with E-state index in [-0.39, 0.29) is 30.9 Å². The maximum Gasteiger partial charge on any atom is 0.358 e. The molecule has 2 N–H and O–H groups in total. The first-order valence-corrected chi connectivity index (χ1v) is 6.59. The summed E-state index contributed by atoms with van der Waals surface area (Å²) in [5, 5.41) is 25.2. The van der Waals surface area contributed by atoms with Gasteiger partial charge in [0.25, 0.3) is 0 Å². The van der Waals surface area contributed by atoms with E-state index in [1.165, 1.54) is 16.8 Å². The minimum Gasteiger partial charge on any atom is -0.481 e. The van der Waals surface area contributed by atoms with Gasteiger partial charge in [0.2, 0.25) is 0 Å². The third-order valence-electron chi connectivity index (χ3n) is 3.09. The zero-order chi connectivity index (χ0) is 16.1. The third-order valence-corrected chi connectivity index (χ3v) is 3.09. The first kappa shape index (κ1) is 15.6. The summed E-state index contributed by atoms with van der Waals surface area (Å²) < 4.78 is 14.3. The van der Waals surface area contributed by atoms with Gasteiger partial charge in [-0.05, 0) is 24.1 Å². The molecule has 0 radical (unpaired) electrons. The number of hydrogen-bond donors (Lipinski definition) is 2. The number of aryl methyl sites for hydroxylation is 1. The van der Waals surface area contributed by atoms with Gasteiger partial charge in [0.1, 0.15) is 5.82 Å². The fourth-order valence-electron chi connectivity index (χ4n) is 2.03. The molecule has 0 saturated heterocycles. The number of aromatic nitrogens is 3. The largest absolute Gasteiger partial charge is 0.481 e. The number of aliphatic carboxylic acids is 1.